The Morgan fingerprint density at radius 3 is 1.00 bits per heavy atom. The summed E-state index contributed by atoms with van der Waals surface area (Å²) in [5.74, 6) is 6.10. The highest BCUT2D eigenvalue weighted by Crippen LogP contribution is 2.35. The maximum Gasteiger partial charge on any atom is 0.169 e. The smallest absolute Gasteiger partial charge is 0.169 e. The van der Waals surface area contributed by atoms with Crippen LogP contribution in [0.25, 0.3) is 0 Å². The molecule has 0 saturated heterocycles. The summed E-state index contributed by atoms with van der Waals surface area (Å²) in [6.07, 6.45) is 5.32. The number of hydrogen-bond donors (Lipinski definition) is 0. The molecule has 0 bridgehead atoms. The summed E-state index contributed by atoms with van der Waals surface area (Å²) in [6.45, 7) is 0. The minimum Gasteiger partial charge on any atom is -0.497 e. The molecule has 0 unspecified atom stereocenters. The van der Waals surface area contributed by atoms with Crippen molar-refractivity contribution >= 4 is 0 Å². The second-order valence-electron chi connectivity index (χ2n) is 12.7. The molecule has 0 spiro atoms. The van der Waals surface area contributed by atoms with Crippen molar-refractivity contribution in [3.63, 3.8) is 0 Å². The average molecular weight is 695 g/mol. The maximum atomic E-state index is 6.41. The van der Waals surface area contributed by atoms with Gasteiger partial charge in [-0.3, -0.25) is 0 Å². The number of aryl methyl sites for hydroxylation is 6. The van der Waals surface area contributed by atoms with Gasteiger partial charge in [0, 0.05) is 0 Å². The molecule has 6 aromatic carbocycles. The van der Waals surface area contributed by atoms with E-state index in [2.05, 4.69) is 72.8 Å². The fraction of sp³-hybridized carbons (Fsp3) is 0.217. The van der Waals surface area contributed by atoms with Crippen molar-refractivity contribution in [2.24, 2.45) is 0 Å². The minimum atomic E-state index is 0.704. The lowest BCUT2D eigenvalue weighted by Crippen LogP contribution is -1.97. The monoisotopic (exact) mass is 694 g/mol. The van der Waals surface area contributed by atoms with Gasteiger partial charge in [0.1, 0.15) is 23.0 Å². The van der Waals surface area contributed by atoms with Gasteiger partial charge in [-0.2, -0.15) is 0 Å². The van der Waals surface area contributed by atoms with E-state index in [-0.39, 0.29) is 0 Å². The van der Waals surface area contributed by atoms with E-state index in [1.54, 1.807) is 28.4 Å². The van der Waals surface area contributed by atoms with Crippen LogP contribution in [0.2, 0.25) is 0 Å². The van der Waals surface area contributed by atoms with Crippen LogP contribution in [0.15, 0.2) is 133 Å². The second-order valence-corrected chi connectivity index (χ2v) is 12.7. The first-order chi connectivity index (χ1) is 25.5. The van der Waals surface area contributed by atoms with Crippen LogP contribution in [-0.4, -0.2) is 28.4 Å². The zero-order valence-corrected chi connectivity index (χ0v) is 30.4. The van der Waals surface area contributed by atoms with E-state index in [0.29, 0.717) is 23.0 Å². The Hall–Kier alpha value is -5.88. The molecule has 0 amide bonds. The molecule has 266 valence electrons. The predicted octanol–water partition coefficient (Wildman–Crippen LogP) is 10.7. The zero-order valence-electron chi connectivity index (χ0n) is 30.4. The van der Waals surface area contributed by atoms with Gasteiger partial charge >= 0.3 is 0 Å². The molecule has 0 fully saturated rings. The van der Waals surface area contributed by atoms with E-state index >= 15 is 0 Å². The lowest BCUT2D eigenvalue weighted by molar-refractivity contribution is 0.378. The Morgan fingerprint density at radius 1 is 0.288 bits per heavy atom. The number of hydrogen-bond acceptors (Lipinski definition) is 6. The molecular formula is C46H46O6. The van der Waals surface area contributed by atoms with Crippen LogP contribution in [0.1, 0.15) is 33.4 Å². The van der Waals surface area contributed by atoms with Crippen LogP contribution in [0, 0.1) is 0 Å². The molecule has 0 saturated carbocycles. The average Bonchev–Trinajstić information content (AvgIpc) is 3.19. The van der Waals surface area contributed by atoms with Crippen LogP contribution < -0.4 is 28.4 Å². The van der Waals surface area contributed by atoms with Crippen LogP contribution in [-0.2, 0) is 38.5 Å². The third-order valence-corrected chi connectivity index (χ3v) is 9.13. The number of benzene rings is 6. The fourth-order valence-corrected chi connectivity index (χ4v) is 6.15. The van der Waals surface area contributed by atoms with Gasteiger partial charge in [-0.05, 0) is 145 Å². The standard InChI is InChI=1S/C46H46O6/c1-47-39-23-17-33(18-24-39)11-13-37-21-27-43(49-3)45(31-37)51-41-9-5-7-35(29-41)15-16-36-8-6-10-42(30-36)52-46-32-38(22-28-44(46)50-4)14-12-34-19-25-40(48-2)26-20-34/h5-10,17-32H,11-16H2,1-4H3. The topological polar surface area (TPSA) is 55.4 Å². The Morgan fingerprint density at radius 2 is 0.635 bits per heavy atom. The third-order valence-electron chi connectivity index (χ3n) is 9.13. The molecule has 6 heteroatoms. The van der Waals surface area contributed by atoms with Crippen LogP contribution in [0.3, 0.4) is 0 Å². The first-order valence-corrected chi connectivity index (χ1v) is 17.6. The largest absolute Gasteiger partial charge is 0.497 e. The van der Waals surface area contributed by atoms with Gasteiger partial charge in [0.05, 0.1) is 28.4 Å². The lowest BCUT2D eigenvalue weighted by atomic mass is 10.0. The molecular weight excluding hydrogens is 649 g/mol. The summed E-state index contributed by atoms with van der Waals surface area (Å²) in [4.78, 5) is 0. The number of methoxy groups -OCH3 is 4. The van der Waals surface area contributed by atoms with Crippen molar-refractivity contribution in [2.75, 3.05) is 28.4 Å². The molecule has 0 N–H and O–H groups in total. The van der Waals surface area contributed by atoms with Gasteiger partial charge in [-0.25, -0.2) is 0 Å². The van der Waals surface area contributed by atoms with Crippen molar-refractivity contribution in [1.82, 2.24) is 0 Å². The Labute approximate surface area is 307 Å². The summed E-state index contributed by atoms with van der Waals surface area (Å²) in [5.41, 5.74) is 7.25. The fourth-order valence-electron chi connectivity index (χ4n) is 6.15. The first kappa shape index (κ1) is 35.9. The zero-order chi connectivity index (χ0) is 36.1. The van der Waals surface area contributed by atoms with Crippen LogP contribution in [0.4, 0.5) is 0 Å². The Balaban J connectivity index is 1.07. The third kappa shape index (κ3) is 9.88. The van der Waals surface area contributed by atoms with Gasteiger partial charge in [0.2, 0.25) is 0 Å². The van der Waals surface area contributed by atoms with Crippen molar-refractivity contribution < 1.29 is 28.4 Å². The molecule has 0 atom stereocenters. The Bertz CT molecular complexity index is 1890. The molecule has 0 aliphatic heterocycles. The van der Waals surface area contributed by atoms with Crippen LogP contribution >= 0.6 is 0 Å². The molecule has 0 radical (unpaired) electrons. The molecule has 0 heterocycles. The lowest BCUT2D eigenvalue weighted by Gasteiger charge is -2.14. The van der Waals surface area contributed by atoms with Crippen molar-refractivity contribution in [3.05, 3.63) is 167 Å². The van der Waals surface area contributed by atoms with Crippen molar-refractivity contribution in [1.29, 1.82) is 0 Å². The summed E-state index contributed by atoms with van der Waals surface area (Å²) in [7, 11) is 6.71. The van der Waals surface area contributed by atoms with E-state index in [1.807, 2.05) is 60.7 Å². The molecule has 0 aliphatic carbocycles. The SMILES string of the molecule is COc1ccc(CCc2ccc(OC)c(Oc3cccc(CCc4cccc(Oc5cc(CCc6ccc(OC)cc6)ccc5OC)c4)c3)c2)cc1. The molecule has 0 aliphatic rings. The van der Waals surface area contributed by atoms with Crippen molar-refractivity contribution in [2.45, 2.75) is 38.5 Å². The van der Waals surface area contributed by atoms with E-state index in [1.165, 1.54) is 33.4 Å². The van der Waals surface area contributed by atoms with Crippen molar-refractivity contribution in [3.8, 4) is 46.0 Å². The predicted molar refractivity (Wildman–Crippen MR) is 207 cm³/mol. The van der Waals surface area contributed by atoms with E-state index in [4.69, 9.17) is 28.4 Å². The summed E-state index contributed by atoms with van der Waals surface area (Å²) in [5, 5.41) is 0. The maximum absolute atomic E-state index is 6.41. The summed E-state index contributed by atoms with van der Waals surface area (Å²) < 4.78 is 34.7. The highest BCUT2D eigenvalue weighted by molar-refractivity contribution is 5.48. The van der Waals surface area contributed by atoms with E-state index in [9.17, 15) is 0 Å². The quantitative estimate of drug-likeness (QED) is 0.0947. The van der Waals surface area contributed by atoms with Gasteiger partial charge in [0.15, 0.2) is 23.0 Å². The van der Waals surface area contributed by atoms with E-state index < -0.39 is 0 Å². The molecule has 6 nitrogen and oxygen atoms in total. The molecule has 6 rings (SSSR count). The minimum absolute atomic E-state index is 0.704. The number of ether oxygens (including phenoxy) is 6. The number of rotatable bonds is 17. The van der Waals surface area contributed by atoms with Gasteiger partial charge in [0.25, 0.3) is 0 Å². The molecule has 6 aromatic rings. The highest BCUT2D eigenvalue weighted by atomic mass is 16.5. The molecule has 0 aromatic heterocycles. The summed E-state index contributed by atoms with van der Waals surface area (Å²) >= 11 is 0. The van der Waals surface area contributed by atoms with Gasteiger partial charge < -0.3 is 28.4 Å². The normalized spacial score (nSPS) is 10.8. The Kier molecular flexibility index (Phi) is 12.3. The van der Waals surface area contributed by atoms with E-state index in [0.717, 1.165) is 61.5 Å². The first-order valence-electron chi connectivity index (χ1n) is 17.6. The second kappa shape index (κ2) is 17.9. The van der Waals surface area contributed by atoms with Crippen LogP contribution in [0.5, 0.6) is 46.0 Å². The molecule has 52 heavy (non-hydrogen) atoms. The van der Waals surface area contributed by atoms with Gasteiger partial charge in [-0.15, -0.1) is 0 Å². The summed E-state index contributed by atoms with van der Waals surface area (Å²) in [6, 6.07) is 45.3. The highest BCUT2D eigenvalue weighted by Gasteiger charge is 2.11. The van der Waals surface area contributed by atoms with Gasteiger partial charge in [-0.1, -0.05) is 60.7 Å².